The molecule has 126 valence electrons. The van der Waals surface area contributed by atoms with Gasteiger partial charge in [0.05, 0.1) is 10.8 Å². The number of nitrogens with zero attached hydrogens (tertiary/aromatic N) is 3. The maximum Gasteiger partial charge on any atom is 0.229 e. The van der Waals surface area contributed by atoms with E-state index in [0.29, 0.717) is 5.95 Å². The van der Waals surface area contributed by atoms with Crippen molar-refractivity contribution in [3.63, 3.8) is 0 Å². The fourth-order valence-electron chi connectivity index (χ4n) is 2.55. The molecule has 0 unspecified atom stereocenters. The molecule has 7 nitrogen and oxygen atoms in total. The van der Waals surface area contributed by atoms with Crippen LogP contribution < -0.4 is 10.6 Å². The summed E-state index contributed by atoms with van der Waals surface area (Å²) >= 11 is 3.48. The molecule has 0 bridgehead atoms. The van der Waals surface area contributed by atoms with Crippen molar-refractivity contribution in [3.05, 3.63) is 59.3 Å². The number of aromatic nitrogens is 5. The number of halogens is 1. The van der Waals surface area contributed by atoms with Gasteiger partial charge in [-0.3, -0.25) is 0 Å². The van der Waals surface area contributed by atoms with Crippen molar-refractivity contribution in [3.8, 4) is 0 Å². The molecule has 0 spiro atoms. The van der Waals surface area contributed by atoms with Gasteiger partial charge >= 0.3 is 0 Å². The summed E-state index contributed by atoms with van der Waals surface area (Å²) in [5, 5.41) is 7.70. The van der Waals surface area contributed by atoms with E-state index in [2.05, 4.69) is 57.5 Å². The second-order valence-corrected chi connectivity index (χ2v) is 6.40. The molecule has 0 aliphatic carbocycles. The van der Waals surface area contributed by atoms with Crippen molar-refractivity contribution >= 4 is 44.3 Å². The molecular formula is C17H16BrN7. The topological polar surface area (TPSA) is 94.3 Å². The Morgan fingerprint density at radius 3 is 2.96 bits per heavy atom. The molecule has 1 aromatic carbocycles. The van der Waals surface area contributed by atoms with Crippen molar-refractivity contribution in [2.24, 2.45) is 0 Å². The lowest BCUT2D eigenvalue weighted by Crippen LogP contribution is -2.09. The minimum Gasteiger partial charge on any atom is -0.369 e. The summed E-state index contributed by atoms with van der Waals surface area (Å²) in [5.41, 5.74) is 3.12. The third-order valence-electron chi connectivity index (χ3n) is 3.80. The number of anilines is 3. The van der Waals surface area contributed by atoms with Crippen molar-refractivity contribution in [2.75, 3.05) is 17.2 Å². The maximum absolute atomic E-state index is 4.54. The molecule has 4 rings (SSSR count). The van der Waals surface area contributed by atoms with Crippen molar-refractivity contribution in [1.29, 1.82) is 0 Å². The highest BCUT2D eigenvalue weighted by atomic mass is 79.9. The van der Waals surface area contributed by atoms with Crippen LogP contribution >= 0.6 is 15.9 Å². The zero-order valence-electron chi connectivity index (χ0n) is 13.3. The van der Waals surface area contributed by atoms with Gasteiger partial charge in [0.1, 0.15) is 5.82 Å². The van der Waals surface area contributed by atoms with E-state index in [-0.39, 0.29) is 0 Å². The van der Waals surface area contributed by atoms with E-state index in [0.717, 1.165) is 45.5 Å². The summed E-state index contributed by atoms with van der Waals surface area (Å²) in [7, 11) is 0. The lowest BCUT2D eigenvalue weighted by atomic mass is 10.2. The van der Waals surface area contributed by atoms with Crippen LogP contribution in [-0.2, 0) is 6.42 Å². The molecule has 0 saturated heterocycles. The standard InChI is InChI=1S/C17H16BrN7/c18-14-9-22-17(24-12-1-2-15-11(7-12)3-5-20-15)25-16(14)21-6-4-13-8-19-10-23-13/h1-3,5,7-10,20H,4,6H2,(H,19,23)(H2,21,22,24,25). The number of benzene rings is 1. The Morgan fingerprint density at radius 1 is 1.12 bits per heavy atom. The summed E-state index contributed by atoms with van der Waals surface area (Å²) in [5.74, 6) is 1.29. The van der Waals surface area contributed by atoms with Crippen LogP contribution in [-0.4, -0.2) is 31.5 Å². The minimum absolute atomic E-state index is 0.544. The zero-order chi connectivity index (χ0) is 17.1. The van der Waals surface area contributed by atoms with Gasteiger partial charge in [-0.25, -0.2) is 9.97 Å². The van der Waals surface area contributed by atoms with E-state index in [1.54, 1.807) is 12.5 Å². The van der Waals surface area contributed by atoms with Crippen molar-refractivity contribution in [2.45, 2.75) is 6.42 Å². The summed E-state index contributed by atoms with van der Waals surface area (Å²) in [6, 6.07) is 8.11. The molecule has 4 N–H and O–H groups in total. The Balaban J connectivity index is 1.46. The Hall–Kier alpha value is -2.87. The molecule has 0 radical (unpaired) electrons. The van der Waals surface area contributed by atoms with Crippen molar-refractivity contribution < 1.29 is 0 Å². The van der Waals surface area contributed by atoms with E-state index in [9.17, 15) is 0 Å². The zero-order valence-corrected chi connectivity index (χ0v) is 14.8. The third kappa shape index (κ3) is 3.63. The highest BCUT2D eigenvalue weighted by Gasteiger charge is 2.06. The van der Waals surface area contributed by atoms with Gasteiger partial charge in [0, 0.05) is 53.8 Å². The average Bonchev–Trinajstić information content (AvgIpc) is 3.28. The van der Waals surface area contributed by atoms with E-state index < -0.39 is 0 Å². The van der Waals surface area contributed by atoms with Crippen LogP contribution in [0.25, 0.3) is 10.9 Å². The number of fused-ring (bicyclic) bond motifs is 1. The quantitative estimate of drug-likeness (QED) is 0.396. The first-order chi connectivity index (χ1) is 12.3. The Morgan fingerprint density at radius 2 is 2.08 bits per heavy atom. The number of rotatable bonds is 6. The molecule has 0 saturated carbocycles. The molecule has 0 atom stereocenters. The molecule has 3 heterocycles. The number of aromatic amines is 2. The molecule has 0 aliphatic rings. The normalized spacial score (nSPS) is 10.9. The monoisotopic (exact) mass is 397 g/mol. The highest BCUT2D eigenvalue weighted by molar-refractivity contribution is 9.10. The molecule has 0 aliphatic heterocycles. The van der Waals surface area contributed by atoms with Crippen LogP contribution in [0.4, 0.5) is 17.5 Å². The van der Waals surface area contributed by atoms with Gasteiger partial charge in [0.15, 0.2) is 0 Å². The van der Waals surface area contributed by atoms with Crippen LogP contribution in [0.5, 0.6) is 0 Å². The van der Waals surface area contributed by atoms with Gasteiger partial charge in [-0.15, -0.1) is 0 Å². The predicted octanol–water partition coefficient (Wildman–Crippen LogP) is 3.84. The fourth-order valence-corrected chi connectivity index (χ4v) is 2.88. The van der Waals surface area contributed by atoms with Crippen LogP contribution in [0.3, 0.4) is 0 Å². The first kappa shape index (κ1) is 15.6. The van der Waals surface area contributed by atoms with E-state index in [4.69, 9.17) is 0 Å². The Kier molecular flexibility index (Phi) is 4.34. The third-order valence-corrected chi connectivity index (χ3v) is 4.38. The van der Waals surface area contributed by atoms with Gasteiger partial charge in [-0.2, -0.15) is 4.98 Å². The number of hydrogen-bond donors (Lipinski definition) is 4. The van der Waals surface area contributed by atoms with E-state index in [1.165, 1.54) is 0 Å². The van der Waals surface area contributed by atoms with Crippen LogP contribution in [0.2, 0.25) is 0 Å². The smallest absolute Gasteiger partial charge is 0.229 e. The first-order valence-electron chi connectivity index (χ1n) is 7.86. The van der Waals surface area contributed by atoms with Crippen LogP contribution in [0, 0.1) is 0 Å². The summed E-state index contributed by atoms with van der Waals surface area (Å²) < 4.78 is 0.823. The van der Waals surface area contributed by atoms with Gasteiger partial charge in [-0.05, 0) is 40.2 Å². The number of nitrogens with one attached hydrogen (secondary N) is 4. The number of H-pyrrole nitrogens is 2. The van der Waals surface area contributed by atoms with Gasteiger partial charge in [0.2, 0.25) is 5.95 Å². The second-order valence-electron chi connectivity index (χ2n) is 5.55. The highest BCUT2D eigenvalue weighted by Crippen LogP contribution is 2.23. The lowest BCUT2D eigenvalue weighted by Gasteiger charge is -2.10. The van der Waals surface area contributed by atoms with Gasteiger partial charge in [-0.1, -0.05) is 0 Å². The van der Waals surface area contributed by atoms with E-state index in [1.807, 2.05) is 30.6 Å². The molecule has 4 aromatic rings. The molecule has 3 aromatic heterocycles. The van der Waals surface area contributed by atoms with Crippen molar-refractivity contribution in [1.82, 2.24) is 24.9 Å². The Labute approximate surface area is 152 Å². The fraction of sp³-hybridized carbons (Fsp3) is 0.118. The minimum atomic E-state index is 0.544. The average molecular weight is 398 g/mol. The maximum atomic E-state index is 4.54. The largest absolute Gasteiger partial charge is 0.369 e. The molecular weight excluding hydrogens is 382 g/mol. The van der Waals surface area contributed by atoms with Gasteiger partial charge < -0.3 is 20.6 Å². The van der Waals surface area contributed by atoms with Crippen LogP contribution in [0.1, 0.15) is 5.69 Å². The number of hydrogen-bond acceptors (Lipinski definition) is 5. The predicted molar refractivity (Wildman–Crippen MR) is 102 cm³/mol. The second kappa shape index (κ2) is 6.94. The SMILES string of the molecule is Brc1cnc(Nc2ccc3[nH]ccc3c2)nc1NCCc1cnc[nH]1. The Bertz CT molecular complexity index is 978. The number of imidazole rings is 1. The van der Waals surface area contributed by atoms with Gasteiger partial charge in [0.25, 0.3) is 0 Å². The van der Waals surface area contributed by atoms with Crippen LogP contribution in [0.15, 0.2) is 53.7 Å². The first-order valence-corrected chi connectivity index (χ1v) is 8.65. The summed E-state index contributed by atoms with van der Waals surface area (Å²) in [6.45, 7) is 0.743. The summed E-state index contributed by atoms with van der Waals surface area (Å²) in [6.07, 6.45) is 8.00. The summed E-state index contributed by atoms with van der Waals surface area (Å²) in [4.78, 5) is 19.1. The van der Waals surface area contributed by atoms with E-state index >= 15 is 0 Å². The molecule has 0 fully saturated rings. The molecule has 25 heavy (non-hydrogen) atoms. The molecule has 0 amide bonds. The molecule has 8 heteroatoms. The lowest BCUT2D eigenvalue weighted by molar-refractivity contribution is 0.963.